The Morgan fingerprint density at radius 1 is 1.30 bits per heavy atom. The highest BCUT2D eigenvalue weighted by atomic mass is 35.5. The second-order valence-corrected chi connectivity index (χ2v) is 7.75. The van der Waals surface area contributed by atoms with Crippen LogP contribution in [0.5, 0.6) is 0 Å². The molecule has 146 valence electrons. The first-order chi connectivity index (χ1) is 13.1. The molecule has 2 aromatic rings. The maximum atomic E-state index is 12.0. The lowest BCUT2D eigenvalue weighted by Gasteiger charge is -2.26. The van der Waals surface area contributed by atoms with Gasteiger partial charge in [-0.25, -0.2) is 4.98 Å². The van der Waals surface area contributed by atoms with E-state index in [2.05, 4.69) is 15.2 Å². The van der Waals surface area contributed by atoms with E-state index in [0.29, 0.717) is 29.0 Å². The molecule has 1 saturated heterocycles. The number of aryl methyl sites for hydroxylation is 1. The first-order valence-electron chi connectivity index (χ1n) is 8.98. The molecule has 1 aliphatic heterocycles. The Labute approximate surface area is 168 Å². The Balaban J connectivity index is 1.39. The molecule has 0 saturated carbocycles. The topological polar surface area (TPSA) is 67.6 Å². The minimum absolute atomic E-state index is 0.0485. The molecular weight excluding hydrogens is 386 g/mol. The van der Waals surface area contributed by atoms with Crippen LogP contribution in [-0.2, 0) is 15.3 Å². The average Bonchev–Trinajstić information content (AvgIpc) is 3.04. The van der Waals surface area contributed by atoms with Crippen LogP contribution in [-0.4, -0.2) is 60.9 Å². The third kappa shape index (κ3) is 6.24. The van der Waals surface area contributed by atoms with Gasteiger partial charge in [-0.15, -0.1) is 11.8 Å². The van der Waals surface area contributed by atoms with Crippen LogP contribution in [0.2, 0.25) is 5.02 Å². The molecule has 2 heterocycles. The summed E-state index contributed by atoms with van der Waals surface area (Å²) >= 11 is 7.45. The molecule has 1 fully saturated rings. The highest BCUT2D eigenvalue weighted by Gasteiger charge is 2.13. The number of morpholine rings is 1. The van der Waals surface area contributed by atoms with Crippen molar-refractivity contribution in [3.63, 3.8) is 0 Å². The number of hydrogen-bond donors (Lipinski definition) is 1. The second kappa shape index (κ2) is 10.1. The van der Waals surface area contributed by atoms with Crippen molar-refractivity contribution >= 4 is 29.3 Å². The number of aromatic nitrogens is 1. The number of nitrogens with zero attached hydrogens (tertiary/aromatic N) is 2. The molecule has 0 spiro atoms. The third-order valence-corrected chi connectivity index (χ3v) is 5.51. The van der Waals surface area contributed by atoms with Crippen LogP contribution >= 0.6 is 23.4 Å². The van der Waals surface area contributed by atoms with Crippen molar-refractivity contribution in [3.8, 4) is 11.5 Å². The molecule has 1 aromatic heterocycles. The quantitative estimate of drug-likeness (QED) is 0.722. The summed E-state index contributed by atoms with van der Waals surface area (Å²) in [7, 11) is 0. The predicted octanol–water partition coefficient (Wildman–Crippen LogP) is 2.99. The summed E-state index contributed by atoms with van der Waals surface area (Å²) in [4.78, 5) is 18.8. The van der Waals surface area contributed by atoms with E-state index in [1.165, 1.54) is 11.8 Å². The van der Waals surface area contributed by atoms with Crippen LogP contribution < -0.4 is 5.32 Å². The highest BCUT2D eigenvalue weighted by Crippen LogP contribution is 2.25. The van der Waals surface area contributed by atoms with Crippen LogP contribution in [0.4, 0.5) is 0 Å². The highest BCUT2D eigenvalue weighted by molar-refractivity contribution is 7.99. The number of amides is 1. The van der Waals surface area contributed by atoms with Crippen molar-refractivity contribution < 1.29 is 13.9 Å². The van der Waals surface area contributed by atoms with Gasteiger partial charge in [-0.3, -0.25) is 9.69 Å². The van der Waals surface area contributed by atoms with Gasteiger partial charge in [0.25, 0.3) is 0 Å². The average molecular weight is 410 g/mol. The number of thioether (sulfide) groups is 1. The van der Waals surface area contributed by atoms with Crippen LogP contribution in [0.1, 0.15) is 11.5 Å². The van der Waals surface area contributed by atoms with Crippen molar-refractivity contribution in [1.29, 1.82) is 0 Å². The lowest BCUT2D eigenvalue weighted by molar-refractivity contribution is -0.118. The molecule has 0 bridgehead atoms. The smallest absolute Gasteiger partial charge is 0.230 e. The zero-order chi connectivity index (χ0) is 19.1. The number of oxazole rings is 1. The Morgan fingerprint density at radius 3 is 2.78 bits per heavy atom. The Kier molecular flexibility index (Phi) is 7.58. The Morgan fingerprint density at radius 2 is 2.04 bits per heavy atom. The van der Waals surface area contributed by atoms with Crippen LogP contribution in [0.15, 0.2) is 28.7 Å². The van der Waals surface area contributed by atoms with Crippen LogP contribution in [0, 0.1) is 6.92 Å². The number of carbonyl (C=O) groups is 1. The number of benzene rings is 1. The van der Waals surface area contributed by atoms with Crippen LogP contribution in [0.25, 0.3) is 11.5 Å². The molecule has 6 nitrogen and oxygen atoms in total. The molecule has 1 N–H and O–H groups in total. The Hall–Kier alpha value is -1.54. The number of ether oxygens (including phenoxy) is 1. The van der Waals surface area contributed by atoms with Crippen LogP contribution in [0.3, 0.4) is 0 Å². The zero-order valence-electron chi connectivity index (χ0n) is 15.4. The maximum absolute atomic E-state index is 12.0. The molecule has 1 aromatic carbocycles. The summed E-state index contributed by atoms with van der Waals surface area (Å²) in [5.41, 5.74) is 1.76. The molecule has 3 rings (SSSR count). The van der Waals surface area contributed by atoms with Gasteiger partial charge in [-0.05, 0) is 31.2 Å². The molecule has 1 amide bonds. The van der Waals surface area contributed by atoms with Gasteiger partial charge in [0, 0.05) is 42.5 Å². The summed E-state index contributed by atoms with van der Waals surface area (Å²) in [5, 5.41) is 3.65. The Bertz CT molecular complexity index is 745. The van der Waals surface area contributed by atoms with Gasteiger partial charge in [0.05, 0.1) is 24.7 Å². The summed E-state index contributed by atoms with van der Waals surface area (Å²) in [5.74, 6) is 2.45. The van der Waals surface area contributed by atoms with Gasteiger partial charge in [-0.2, -0.15) is 0 Å². The number of carbonyl (C=O) groups excluding carboxylic acids is 1. The summed E-state index contributed by atoms with van der Waals surface area (Å²) in [6.07, 6.45) is 0. The van der Waals surface area contributed by atoms with Gasteiger partial charge in [-0.1, -0.05) is 11.6 Å². The standard InChI is InChI=1S/C19H24ClN3O3S/c1-14-17(22-19(26-14)15-2-4-16(20)5-3-15)12-27-13-18(24)21-6-7-23-8-10-25-11-9-23/h2-5H,6-13H2,1H3,(H,21,24). The third-order valence-electron chi connectivity index (χ3n) is 4.31. The SMILES string of the molecule is Cc1oc(-c2ccc(Cl)cc2)nc1CSCC(=O)NCCN1CCOCC1. The van der Waals surface area contributed by atoms with Crippen molar-refractivity contribution in [3.05, 3.63) is 40.7 Å². The minimum Gasteiger partial charge on any atom is -0.441 e. The molecule has 1 aliphatic rings. The number of rotatable bonds is 8. The first-order valence-corrected chi connectivity index (χ1v) is 10.5. The molecule has 0 aliphatic carbocycles. The largest absolute Gasteiger partial charge is 0.441 e. The fraction of sp³-hybridized carbons (Fsp3) is 0.474. The molecule has 8 heteroatoms. The fourth-order valence-corrected chi connectivity index (χ4v) is 3.72. The normalized spacial score (nSPS) is 15.0. The minimum atomic E-state index is 0.0485. The maximum Gasteiger partial charge on any atom is 0.230 e. The van der Waals surface area contributed by atoms with Crippen molar-refractivity contribution in [2.75, 3.05) is 45.1 Å². The molecular formula is C19H24ClN3O3S. The molecule has 0 radical (unpaired) electrons. The zero-order valence-corrected chi connectivity index (χ0v) is 16.9. The van der Waals surface area contributed by atoms with Gasteiger partial charge in [0.15, 0.2) is 0 Å². The second-order valence-electron chi connectivity index (χ2n) is 6.33. The van der Waals surface area contributed by atoms with E-state index in [4.69, 9.17) is 20.8 Å². The van der Waals surface area contributed by atoms with Crippen molar-refractivity contribution in [1.82, 2.24) is 15.2 Å². The van der Waals surface area contributed by atoms with E-state index < -0.39 is 0 Å². The molecule has 27 heavy (non-hydrogen) atoms. The van der Waals surface area contributed by atoms with E-state index in [-0.39, 0.29) is 5.91 Å². The number of hydrogen-bond acceptors (Lipinski definition) is 6. The first kappa shape index (κ1) is 20.2. The van der Waals surface area contributed by atoms with Gasteiger partial charge >= 0.3 is 0 Å². The van der Waals surface area contributed by atoms with E-state index in [9.17, 15) is 4.79 Å². The summed E-state index contributed by atoms with van der Waals surface area (Å²) < 4.78 is 11.1. The number of halogens is 1. The van der Waals surface area contributed by atoms with E-state index in [1.54, 1.807) is 0 Å². The number of nitrogens with one attached hydrogen (secondary N) is 1. The van der Waals surface area contributed by atoms with E-state index in [0.717, 1.165) is 49.9 Å². The van der Waals surface area contributed by atoms with Gasteiger partial charge < -0.3 is 14.5 Å². The fourth-order valence-electron chi connectivity index (χ4n) is 2.75. The predicted molar refractivity (Wildman–Crippen MR) is 108 cm³/mol. The molecule has 0 atom stereocenters. The summed E-state index contributed by atoms with van der Waals surface area (Å²) in [6.45, 7) is 6.86. The van der Waals surface area contributed by atoms with E-state index >= 15 is 0 Å². The van der Waals surface area contributed by atoms with Gasteiger partial charge in [0.1, 0.15) is 5.76 Å². The summed E-state index contributed by atoms with van der Waals surface area (Å²) in [6, 6.07) is 7.39. The lowest BCUT2D eigenvalue weighted by atomic mass is 10.2. The van der Waals surface area contributed by atoms with Crippen molar-refractivity contribution in [2.45, 2.75) is 12.7 Å². The lowest BCUT2D eigenvalue weighted by Crippen LogP contribution is -2.41. The van der Waals surface area contributed by atoms with Gasteiger partial charge in [0.2, 0.25) is 11.8 Å². The molecule has 0 unspecified atom stereocenters. The van der Waals surface area contributed by atoms with Crippen molar-refractivity contribution in [2.24, 2.45) is 0 Å². The van der Waals surface area contributed by atoms with E-state index in [1.807, 2.05) is 31.2 Å². The monoisotopic (exact) mass is 409 g/mol.